The van der Waals surface area contributed by atoms with Crippen LogP contribution < -0.4 is 5.73 Å². The maximum absolute atomic E-state index is 12.9. The molecule has 0 spiro atoms. The Morgan fingerprint density at radius 2 is 2.08 bits per heavy atom. The molecule has 4 heterocycles. The molecule has 0 aliphatic carbocycles. The number of hydrogen-bond acceptors (Lipinski definition) is 5. The van der Waals surface area contributed by atoms with E-state index in [2.05, 4.69) is 9.97 Å². The van der Waals surface area contributed by atoms with Crippen LogP contribution >= 0.6 is 0 Å². The number of anilines is 1. The van der Waals surface area contributed by atoms with Crippen molar-refractivity contribution in [1.82, 2.24) is 19.3 Å². The number of carbonyl (C=O) groups is 1. The van der Waals surface area contributed by atoms with Crippen LogP contribution in [-0.2, 0) is 4.74 Å². The highest BCUT2D eigenvalue weighted by Gasteiger charge is 2.28. The number of aromatic nitrogens is 3. The zero-order valence-electron chi connectivity index (χ0n) is 14.8. The van der Waals surface area contributed by atoms with Crippen LogP contribution in [0.15, 0.2) is 36.7 Å². The number of nitrogens with two attached hydrogens (primary N) is 1. The van der Waals surface area contributed by atoms with E-state index in [1.807, 2.05) is 42.6 Å². The number of ether oxygens (including phenoxy) is 1. The number of imidazole rings is 1. The van der Waals surface area contributed by atoms with E-state index in [-0.39, 0.29) is 12.0 Å². The molecule has 7 nitrogen and oxygen atoms in total. The number of pyridine rings is 2. The third kappa shape index (κ3) is 3.13. The van der Waals surface area contributed by atoms with Gasteiger partial charge >= 0.3 is 0 Å². The van der Waals surface area contributed by atoms with E-state index in [1.165, 1.54) is 0 Å². The van der Waals surface area contributed by atoms with Gasteiger partial charge in [-0.2, -0.15) is 0 Å². The first-order valence-electron chi connectivity index (χ1n) is 8.60. The van der Waals surface area contributed by atoms with Crippen LogP contribution in [0.1, 0.15) is 33.5 Å². The first-order chi connectivity index (χ1) is 12.5. The molecule has 1 fully saturated rings. The molecular formula is C19H21N5O2. The van der Waals surface area contributed by atoms with Gasteiger partial charge in [0.15, 0.2) is 0 Å². The summed E-state index contributed by atoms with van der Waals surface area (Å²) < 4.78 is 7.71. The van der Waals surface area contributed by atoms with Crippen molar-refractivity contribution in [2.24, 2.45) is 0 Å². The molecule has 134 valence electrons. The van der Waals surface area contributed by atoms with Gasteiger partial charge in [0.1, 0.15) is 17.4 Å². The number of amides is 1. The van der Waals surface area contributed by atoms with E-state index < -0.39 is 0 Å². The van der Waals surface area contributed by atoms with Crippen molar-refractivity contribution in [3.63, 3.8) is 0 Å². The molecule has 1 aliphatic rings. The van der Waals surface area contributed by atoms with Crippen molar-refractivity contribution in [1.29, 1.82) is 0 Å². The summed E-state index contributed by atoms with van der Waals surface area (Å²) in [5.41, 5.74) is 10.5. The highest BCUT2D eigenvalue weighted by Crippen LogP contribution is 2.24. The second-order valence-electron chi connectivity index (χ2n) is 6.68. The van der Waals surface area contributed by atoms with Gasteiger partial charge in [0.05, 0.1) is 18.8 Å². The van der Waals surface area contributed by atoms with Crippen LogP contribution in [0.2, 0.25) is 0 Å². The highest BCUT2D eigenvalue weighted by molar-refractivity contribution is 5.93. The maximum atomic E-state index is 12.9. The summed E-state index contributed by atoms with van der Waals surface area (Å²) in [7, 11) is 0. The third-order valence-electron chi connectivity index (χ3n) is 4.50. The molecule has 0 saturated carbocycles. The van der Waals surface area contributed by atoms with E-state index in [4.69, 9.17) is 10.5 Å². The molecule has 1 atom stereocenters. The highest BCUT2D eigenvalue weighted by atomic mass is 16.5. The number of hydrogen-bond donors (Lipinski definition) is 1. The Labute approximate surface area is 151 Å². The average Bonchev–Trinajstić information content (AvgIpc) is 3.03. The number of aryl methyl sites for hydroxylation is 2. The summed E-state index contributed by atoms with van der Waals surface area (Å²) in [6.07, 6.45) is 3.45. The van der Waals surface area contributed by atoms with Crippen LogP contribution in [0, 0.1) is 13.8 Å². The predicted molar refractivity (Wildman–Crippen MR) is 97.9 cm³/mol. The zero-order chi connectivity index (χ0) is 18.3. The lowest BCUT2D eigenvalue weighted by Gasteiger charge is -2.32. The van der Waals surface area contributed by atoms with Crippen LogP contribution in [0.25, 0.3) is 5.65 Å². The van der Waals surface area contributed by atoms with Gasteiger partial charge in [-0.3, -0.25) is 9.78 Å². The summed E-state index contributed by atoms with van der Waals surface area (Å²) in [6, 6.07) is 7.51. The minimum absolute atomic E-state index is 0.0970. The fraction of sp³-hybridized carbons (Fsp3) is 0.316. The number of rotatable bonds is 2. The lowest BCUT2D eigenvalue weighted by molar-refractivity contribution is -0.0249. The van der Waals surface area contributed by atoms with Crippen LogP contribution in [-0.4, -0.2) is 44.9 Å². The fourth-order valence-electron chi connectivity index (χ4n) is 3.27. The smallest absolute Gasteiger partial charge is 0.274 e. The zero-order valence-corrected chi connectivity index (χ0v) is 14.8. The van der Waals surface area contributed by atoms with E-state index in [0.717, 1.165) is 22.6 Å². The molecular weight excluding hydrogens is 330 g/mol. The van der Waals surface area contributed by atoms with Crippen LogP contribution in [0.3, 0.4) is 0 Å². The van der Waals surface area contributed by atoms with E-state index in [9.17, 15) is 4.79 Å². The normalized spacial score (nSPS) is 17.6. The molecule has 2 N–H and O–H groups in total. The van der Waals surface area contributed by atoms with E-state index in [1.54, 1.807) is 17.2 Å². The Bertz CT molecular complexity index is 961. The summed E-state index contributed by atoms with van der Waals surface area (Å²) in [6.45, 7) is 5.32. The number of carbonyl (C=O) groups excluding carboxylic acids is 1. The quantitative estimate of drug-likeness (QED) is 0.764. The molecule has 1 aliphatic heterocycles. The summed E-state index contributed by atoms with van der Waals surface area (Å²) in [4.78, 5) is 23.6. The fourth-order valence-corrected chi connectivity index (χ4v) is 3.27. The van der Waals surface area contributed by atoms with Crippen LogP contribution in [0.5, 0.6) is 0 Å². The van der Waals surface area contributed by atoms with Gasteiger partial charge in [0.25, 0.3) is 5.91 Å². The molecule has 4 rings (SSSR count). The molecule has 1 saturated heterocycles. The summed E-state index contributed by atoms with van der Waals surface area (Å²) >= 11 is 0. The molecule has 3 aromatic rings. The third-order valence-corrected chi connectivity index (χ3v) is 4.50. The predicted octanol–water partition coefficient (Wildman–Crippen LogP) is 2.14. The second kappa shape index (κ2) is 6.42. The second-order valence-corrected chi connectivity index (χ2v) is 6.68. The lowest BCUT2D eigenvalue weighted by atomic mass is 10.1. The molecule has 7 heteroatoms. The van der Waals surface area contributed by atoms with E-state index >= 15 is 0 Å². The summed E-state index contributed by atoms with van der Waals surface area (Å²) in [5, 5.41) is 0. The minimum atomic E-state index is -0.283. The average molecular weight is 351 g/mol. The van der Waals surface area contributed by atoms with Gasteiger partial charge in [-0.05, 0) is 37.6 Å². The van der Waals surface area contributed by atoms with Crippen LogP contribution in [0.4, 0.5) is 5.69 Å². The number of morpholine rings is 1. The van der Waals surface area contributed by atoms with Gasteiger partial charge < -0.3 is 19.8 Å². The first kappa shape index (κ1) is 16.5. The van der Waals surface area contributed by atoms with Gasteiger partial charge in [-0.1, -0.05) is 6.07 Å². The molecule has 1 amide bonds. The number of nitrogen functional groups attached to an aromatic ring is 1. The number of nitrogens with zero attached hydrogens (tertiary/aromatic N) is 4. The van der Waals surface area contributed by atoms with Crippen molar-refractivity contribution in [3.8, 4) is 0 Å². The Balaban J connectivity index is 1.57. The Morgan fingerprint density at radius 3 is 2.88 bits per heavy atom. The van der Waals surface area contributed by atoms with Crippen molar-refractivity contribution in [3.05, 3.63) is 59.3 Å². The molecule has 0 radical (unpaired) electrons. The Kier molecular flexibility index (Phi) is 4.08. The standard InChI is InChI=1S/C19H21N5O2/c1-12-3-4-18-22-16(10-24(18)9-12)19(25)23-5-6-26-17(11-23)15-8-14(20)7-13(2)21-15/h3-4,7-10,17H,5-6,11H2,1-2H3,(H2,20,21). The minimum Gasteiger partial charge on any atom is -0.399 e. The Morgan fingerprint density at radius 1 is 1.23 bits per heavy atom. The van der Waals surface area contributed by atoms with E-state index in [0.29, 0.717) is 31.1 Å². The van der Waals surface area contributed by atoms with Crippen molar-refractivity contribution in [2.75, 3.05) is 25.4 Å². The van der Waals surface area contributed by atoms with Gasteiger partial charge in [0, 0.05) is 30.3 Å². The largest absolute Gasteiger partial charge is 0.399 e. The summed E-state index contributed by atoms with van der Waals surface area (Å²) in [5.74, 6) is -0.0970. The number of fused-ring (bicyclic) bond motifs is 1. The van der Waals surface area contributed by atoms with Gasteiger partial charge in [0.2, 0.25) is 0 Å². The molecule has 1 unspecified atom stereocenters. The van der Waals surface area contributed by atoms with Crippen molar-refractivity contribution >= 4 is 17.2 Å². The van der Waals surface area contributed by atoms with Gasteiger partial charge in [-0.15, -0.1) is 0 Å². The molecule has 0 aromatic carbocycles. The SMILES string of the molecule is Cc1ccc2nc(C(=O)N3CCOC(c4cc(N)cc(C)n4)C3)cn2c1. The first-order valence-corrected chi connectivity index (χ1v) is 8.60. The monoisotopic (exact) mass is 351 g/mol. The topological polar surface area (TPSA) is 85.8 Å². The maximum Gasteiger partial charge on any atom is 0.274 e. The van der Waals surface area contributed by atoms with Crippen molar-refractivity contribution < 1.29 is 9.53 Å². The molecule has 26 heavy (non-hydrogen) atoms. The Hall–Kier alpha value is -2.93. The lowest BCUT2D eigenvalue weighted by Crippen LogP contribution is -2.42. The van der Waals surface area contributed by atoms with Gasteiger partial charge in [-0.25, -0.2) is 4.98 Å². The molecule has 0 bridgehead atoms. The van der Waals surface area contributed by atoms with Crippen molar-refractivity contribution in [2.45, 2.75) is 20.0 Å². The molecule has 3 aromatic heterocycles.